The molecule has 58 heavy (non-hydrogen) atoms. The molecule has 1 fully saturated rings. The van der Waals surface area contributed by atoms with Crippen LogP contribution < -0.4 is 21.3 Å². The molecule has 0 saturated heterocycles. The van der Waals surface area contributed by atoms with Crippen molar-refractivity contribution in [3.63, 3.8) is 0 Å². The molecular weight excluding hydrogens is 739 g/mol. The standard InChI is InChI=1S/C45H61N5O8/c1-30-26-37(41(52)47-20-22-56-24-25-57-23-21-51)16-19-39(30)36-9-7-8-33(27-36)28-40(43(54)49-38-17-14-34(15-18-38)31(2)46-6)50-42(53)35-12-10-32(11-13-35)29-48-44(55)58-45(3,4)5/h7-9,14-19,26-27,32,35,40,51H,10-13,20-25,28-29H2,1-6H3,(H,47,52)(H,48,55)(H,49,54)(H,50,53)/t32?,35?,40-/m0/s1. The predicted molar refractivity (Wildman–Crippen MR) is 226 cm³/mol. The number of hydrogen-bond donors (Lipinski definition) is 5. The van der Waals surface area contributed by atoms with E-state index in [2.05, 4.69) is 26.3 Å². The minimum atomic E-state index is -0.850. The fraction of sp³-hybridized carbons (Fsp3) is 0.489. The summed E-state index contributed by atoms with van der Waals surface area (Å²) in [4.78, 5) is 56.9. The largest absolute Gasteiger partial charge is 0.444 e. The molecule has 0 spiro atoms. The smallest absolute Gasteiger partial charge is 0.407 e. The Morgan fingerprint density at radius 3 is 2.21 bits per heavy atom. The Hall–Kier alpha value is -5.11. The van der Waals surface area contributed by atoms with Crippen LogP contribution in [0.2, 0.25) is 0 Å². The van der Waals surface area contributed by atoms with Crippen LogP contribution in [-0.4, -0.2) is 99.4 Å². The monoisotopic (exact) mass is 799 g/mol. The lowest BCUT2D eigenvalue weighted by Crippen LogP contribution is -2.48. The number of nitrogens with one attached hydrogen (secondary N) is 4. The quantitative estimate of drug-likeness (QED) is 0.0741. The molecular formula is C45H61N5O8. The third-order valence-electron chi connectivity index (χ3n) is 10.00. The molecule has 1 saturated carbocycles. The number of nitrogens with zero attached hydrogens (tertiary/aromatic N) is 1. The van der Waals surface area contributed by atoms with Crippen molar-refractivity contribution in [1.82, 2.24) is 16.0 Å². The van der Waals surface area contributed by atoms with Gasteiger partial charge in [-0.1, -0.05) is 42.5 Å². The summed E-state index contributed by atoms with van der Waals surface area (Å²) in [6.07, 6.45) is 2.67. The summed E-state index contributed by atoms with van der Waals surface area (Å²) in [5.74, 6) is -0.707. The Bertz CT molecular complexity index is 1850. The fourth-order valence-electron chi connectivity index (χ4n) is 6.78. The van der Waals surface area contributed by atoms with Gasteiger partial charge in [-0.2, -0.15) is 0 Å². The summed E-state index contributed by atoms with van der Waals surface area (Å²) >= 11 is 0. The number of ether oxygens (including phenoxy) is 3. The molecule has 1 aliphatic rings. The molecule has 0 aliphatic heterocycles. The number of aryl methyl sites for hydroxylation is 1. The second-order valence-corrected chi connectivity index (χ2v) is 15.7. The van der Waals surface area contributed by atoms with Crippen LogP contribution in [0.3, 0.4) is 0 Å². The number of alkyl carbamates (subject to hydrolysis) is 1. The zero-order chi connectivity index (χ0) is 42.1. The SMILES string of the molecule is CN=C(C)c1ccc(NC(=O)[C@H](Cc2cccc(-c3ccc(C(=O)NCCOCCOCCO)cc3C)c2)NC(=O)C2CCC(CNC(=O)OC(C)(C)C)CC2)cc1. The van der Waals surface area contributed by atoms with Crippen molar-refractivity contribution in [1.29, 1.82) is 0 Å². The fourth-order valence-corrected chi connectivity index (χ4v) is 6.78. The highest BCUT2D eigenvalue weighted by molar-refractivity contribution is 6.00. The zero-order valence-electron chi connectivity index (χ0n) is 34.8. The summed E-state index contributed by atoms with van der Waals surface area (Å²) < 4.78 is 16.0. The summed E-state index contributed by atoms with van der Waals surface area (Å²) in [5, 5.41) is 20.6. The average molecular weight is 800 g/mol. The van der Waals surface area contributed by atoms with Crippen LogP contribution in [0.15, 0.2) is 71.7 Å². The van der Waals surface area contributed by atoms with Gasteiger partial charge < -0.3 is 40.6 Å². The Morgan fingerprint density at radius 2 is 1.55 bits per heavy atom. The molecule has 13 heteroatoms. The van der Waals surface area contributed by atoms with Gasteiger partial charge in [-0.15, -0.1) is 0 Å². The van der Waals surface area contributed by atoms with Crippen LogP contribution in [0, 0.1) is 18.8 Å². The van der Waals surface area contributed by atoms with Crippen LogP contribution in [0.4, 0.5) is 10.5 Å². The van der Waals surface area contributed by atoms with E-state index >= 15 is 0 Å². The van der Waals surface area contributed by atoms with E-state index in [0.717, 1.165) is 46.4 Å². The maximum Gasteiger partial charge on any atom is 0.407 e. The number of carbonyl (C=O) groups excluding carboxylic acids is 4. The van der Waals surface area contributed by atoms with Gasteiger partial charge in [0.25, 0.3) is 5.91 Å². The maximum atomic E-state index is 13.9. The Balaban J connectivity index is 1.42. The van der Waals surface area contributed by atoms with Crippen LogP contribution in [-0.2, 0) is 30.2 Å². The number of amides is 4. The first kappa shape index (κ1) is 45.6. The molecule has 13 nitrogen and oxygen atoms in total. The molecule has 314 valence electrons. The molecule has 3 aromatic carbocycles. The van der Waals surface area contributed by atoms with Crippen molar-refractivity contribution in [2.45, 2.75) is 78.4 Å². The first-order valence-electron chi connectivity index (χ1n) is 20.1. The molecule has 5 N–H and O–H groups in total. The van der Waals surface area contributed by atoms with E-state index in [0.29, 0.717) is 57.0 Å². The summed E-state index contributed by atoms with van der Waals surface area (Å²) in [6, 6.07) is 20.0. The summed E-state index contributed by atoms with van der Waals surface area (Å²) in [5.41, 5.74) is 6.04. The molecule has 1 aliphatic carbocycles. The Morgan fingerprint density at radius 1 is 0.862 bits per heavy atom. The van der Waals surface area contributed by atoms with E-state index < -0.39 is 17.7 Å². The number of aliphatic imine (C=N–C) groups is 1. The number of benzene rings is 3. The second-order valence-electron chi connectivity index (χ2n) is 15.7. The number of carbonyl (C=O) groups is 4. The lowest BCUT2D eigenvalue weighted by atomic mass is 9.81. The van der Waals surface area contributed by atoms with Crippen LogP contribution in [0.25, 0.3) is 11.1 Å². The van der Waals surface area contributed by atoms with Gasteiger partial charge in [-0.05, 0) is 118 Å². The number of anilines is 1. The minimum Gasteiger partial charge on any atom is -0.444 e. The van der Waals surface area contributed by atoms with Crippen molar-refractivity contribution in [2.24, 2.45) is 16.8 Å². The molecule has 0 aromatic heterocycles. The molecule has 1 atom stereocenters. The van der Waals surface area contributed by atoms with E-state index in [-0.39, 0.29) is 49.2 Å². The van der Waals surface area contributed by atoms with Gasteiger partial charge >= 0.3 is 6.09 Å². The number of rotatable bonds is 19. The van der Waals surface area contributed by atoms with E-state index in [1.54, 1.807) is 13.1 Å². The van der Waals surface area contributed by atoms with Gasteiger partial charge in [0.2, 0.25) is 11.8 Å². The minimum absolute atomic E-state index is 0.0344. The number of hydrogen-bond acceptors (Lipinski definition) is 9. The van der Waals surface area contributed by atoms with Crippen LogP contribution >= 0.6 is 0 Å². The highest BCUT2D eigenvalue weighted by Crippen LogP contribution is 2.30. The normalized spacial score (nSPS) is 16.2. The van der Waals surface area contributed by atoms with Crippen molar-refractivity contribution in [2.75, 3.05) is 58.5 Å². The van der Waals surface area contributed by atoms with Crippen molar-refractivity contribution >= 4 is 35.2 Å². The molecule has 4 rings (SSSR count). The topological polar surface area (TPSA) is 177 Å². The number of aliphatic hydroxyl groups excluding tert-OH is 1. The van der Waals surface area contributed by atoms with Crippen molar-refractivity contribution in [3.8, 4) is 11.1 Å². The lowest BCUT2D eigenvalue weighted by molar-refractivity contribution is -0.130. The first-order chi connectivity index (χ1) is 27.8. The third-order valence-corrected chi connectivity index (χ3v) is 10.00. The molecule has 0 bridgehead atoms. The van der Waals surface area contributed by atoms with Gasteiger partial charge in [0.05, 0.1) is 33.0 Å². The summed E-state index contributed by atoms with van der Waals surface area (Å²) in [6.45, 7) is 11.5. The van der Waals surface area contributed by atoms with E-state index in [4.69, 9.17) is 19.3 Å². The third kappa shape index (κ3) is 15.0. The van der Waals surface area contributed by atoms with Gasteiger partial charge in [-0.3, -0.25) is 19.4 Å². The highest BCUT2D eigenvalue weighted by Gasteiger charge is 2.30. The average Bonchev–Trinajstić information content (AvgIpc) is 3.20. The van der Waals surface area contributed by atoms with E-state index in [1.807, 2.05) is 95.3 Å². The first-order valence-corrected chi connectivity index (χ1v) is 20.1. The van der Waals surface area contributed by atoms with Crippen LogP contribution in [0.1, 0.15) is 80.4 Å². The van der Waals surface area contributed by atoms with E-state index in [1.165, 1.54) is 0 Å². The van der Waals surface area contributed by atoms with Gasteiger partial charge in [0, 0.05) is 49.4 Å². The molecule has 0 unspecified atom stereocenters. The van der Waals surface area contributed by atoms with E-state index in [9.17, 15) is 19.2 Å². The van der Waals surface area contributed by atoms with Gasteiger partial charge in [-0.25, -0.2) is 4.79 Å². The zero-order valence-corrected chi connectivity index (χ0v) is 34.8. The molecule has 0 heterocycles. The maximum absolute atomic E-state index is 13.9. The molecule has 4 amide bonds. The predicted octanol–water partition coefficient (Wildman–Crippen LogP) is 5.85. The second kappa shape index (κ2) is 22.7. The summed E-state index contributed by atoms with van der Waals surface area (Å²) in [7, 11) is 1.73. The van der Waals surface area contributed by atoms with Gasteiger partial charge in [0.15, 0.2) is 0 Å². The Kier molecular flexibility index (Phi) is 17.9. The molecule has 3 aromatic rings. The van der Waals surface area contributed by atoms with Crippen molar-refractivity contribution in [3.05, 3.63) is 89.0 Å². The lowest BCUT2D eigenvalue weighted by Gasteiger charge is -2.29. The Labute approximate surface area is 342 Å². The van der Waals surface area contributed by atoms with Crippen molar-refractivity contribution < 1.29 is 38.5 Å². The molecule has 0 radical (unpaired) electrons. The number of aliphatic hydroxyl groups is 1. The van der Waals surface area contributed by atoms with Crippen LogP contribution in [0.5, 0.6) is 0 Å². The highest BCUT2D eigenvalue weighted by atomic mass is 16.6. The van der Waals surface area contributed by atoms with Gasteiger partial charge in [0.1, 0.15) is 11.6 Å².